The van der Waals surface area contributed by atoms with Crippen LogP contribution in [0.3, 0.4) is 0 Å². The topological polar surface area (TPSA) is 90.0 Å². The molecule has 1 amide bonds. The van der Waals surface area contributed by atoms with Crippen molar-refractivity contribution in [2.75, 3.05) is 11.9 Å². The van der Waals surface area contributed by atoms with Crippen LogP contribution in [0.1, 0.15) is 0 Å². The molecular weight excluding hydrogens is 282 g/mol. The van der Waals surface area contributed by atoms with Gasteiger partial charge in [-0.15, -0.1) is 0 Å². The van der Waals surface area contributed by atoms with E-state index in [1.165, 1.54) is 41.2 Å². The number of nitrogens with one attached hydrogen (secondary N) is 1. The third-order valence-electron chi connectivity index (χ3n) is 2.72. The second-order valence-electron chi connectivity index (χ2n) is 4.19. The summed E-state index contributed by atoms with van der Waals surface area (Å²) >= 11 is 0. The van der Waals surface area contributed by atoms with Crippen LogP contribution >= 0.6 is 0 Å². The minimum absolute atomic E-state index is 0.180. The normalized spacial score (nSPS) is 11.2. The van der Waals surface area contributed by atoms with E-state index in [0.717, 1.165) is 6.20 Å². The molecule has 0 unspecified atom stereocenters. The van der Waals surface area contributed by atoms with Gasteiger partial charge in [0.25, 0.3) is 11.5 Å². The lowest BCUT2D eigenvalue weighted by molar-refractivity contribution is -0.138. The van der Waals surface area contributed by atoms with Crippen molar-refractivity contribution in [2.24, 2.45) is 5.73 Å². The molecule has 0 spiro atoms. The molecular formula is C13H12F2N4O2. The van der Waals surface area contributed by atoms with E-state index in [2.05, 4.69) is 10.3 Å². The Labute approximate surface area is 118 Å². The molecule has 21 heavy (non-hydrogen) atoms. The number of halogens is 2. The van der Waals surface area contributed by atoms with Crippen LogP contribution in [-0.2, 0) is 4.79 Å². The predicted octanol–water partition coefficient (Wildman–Crippen LogP) is 0.765. The Kier molecular flexibility index (Phi) is 4.08. The fraction of sp³-hybridized carbons (Fsp3) is 0.154. The molecule has 0 aliphatic heterocycles. The van der Waals surface area contributed by atoms with Crippen molar-refractivity contribution in [1.29, 1.82) is 0 Å². The first-order chi connectivity index (χ1) is 9.94. The molecule has 0 bridgehead atoms. The second-order valence-corrected chi connectivity index (χ2v) is 4.19. The van der Waals surface area contributed by atoms with Gasteiger partial charge in [0.05, 0.1) is 12.7 Å². The molecule has 8 heteroatoms. The van der Waals surface area contributed by atoms with E-state index < -0.39 is 18.4 Å². The third-order valence-corrected chi connectivity index (χ3v) is 2.72. The van der Waals surface area contributed by atoms with Gasteiger partial charge in [0.2, 0.25) is 0 Å². The minimum atomic E-state index is -3.62. The Hall–Kier alpha value is -2.61. The average molecular weight is 294 g/mol. The fourth-order valence-corrected chi connectivity index (χ4v) is 1.58. The molecule has 1 aromatic heterocycles. The SMILES string of the molecule is NCC(F)(F)C(=O)Nc1ccc(-n2ccncc2=O)cc1. The molecule has 1 heterocycles. The van der Waals surface area contributed by atoms with Crippen LogP contribution < -0.4 is 16.6 Å². The zero-order valence-electron chi connectivity index (χ0n) is 10.8. The third kappa shape index (κ3) is 3.29. The highest BCUT2D eigenvalue weighted by molar-refractivity contribution is 5.96. The van der Waals surface area contributed by atoms with Gasteiger partial charge in [-0.2, -0.15) is 8.78 Å². The van der Waals surface area contributed by atoms with Crippen molar-refractivity contribution in [1.82, 2.24) is 9.55 Å². The maximum atomic E-state index is 13.0. The molecule has 3 N–H and O–H groups in total. The molecule has 2 rings (SSSR count). The molecule has 0 saturated carbocycles. The van der Waals surface area contributed by atoms with E-state index in [9.17, 15) is 18.4 Å². The molecule has 0 radical (unpaired) electrons. The number of anilines is 1. The predicted molar refractivity (Wildman–Crippen MR) is 72.5 cm³/mol. The van der Waals surface area contributed by atoms with Crippen molar-refractivity contribution in [3.63, 3.8) is 0 Å². The van der Waals surface area contributed by atoms with Crippen LogP contribution in [0.15, 0.2) is 47.7 Å². The Morgan fingerprint density at radius 3 is 2.57 bits per heavy atom. The first kappa shape index (κ1) is 14.8. The summed E-state index contributed by atoms with van der Waals surface area (Å²) in [6, 6.07) is 5.84. The van der Waals surface area contributed by atoms with Gasteiger partial charge in [-0.25, -0.2) is 0 Å². The number of hydrogen-bond donors (Lipinski definition) is 2. The molecule has 0 aliphatic rings. The maximum Gasteiger partial charge on any atom is 0.336 e. The lowest BCUT2D eigenvalue weighted by Gasteiger charge is -2.14. The van der Waals surface area contributed by atoms with Crippen LogP contribution in [0.2, 0.25) is 0 Å². The minimum Gasteiger partial charge on any atom is -0.325 e. The van der Waals surface area contributed by atoms with Crippen molar-refractivity contribution in [2.45, 2.75) is 5.92 Å². The number of carbonyl (C=O) groups is 1. The van der Waals surface area contributed by atoms with Gasteiger partial charge in [0, 0.05) is 23.8 Å². The van der Waals surface area contributed by atoms with E-state index in [-0.39, 0.29) is 11.2 Å². The summed E-state index contributed by atoms with van der Waals surface area (Å²) in [5.74, 6) is -5.10. The molecule has 0 atom stereocenters. The van der Waals surface area contributed by atoms with Gasteiger partial charge in [-0.05, 0) is 24.3 Å². The Bertz CT molecular complexity index is 698. The maximum absolute atomic E-state index is 13.0. The zero-order valence-corrected chi connectivity index (χ0v) is 10.8. The first-order valence-electron chi connectivity index (χ1n) is 5.96. The van der Waals surface area contributed by atoms with E-state index >= 15 is 0 Å². The van der Waals surface area contributed by atoms with Gasteiger partial charge in [-0.3, -0.25) is 19.1 Å². The van der Waals surface area contributed by atoms with Crippen molar-refractivity contribution in [3.8, 4) is 5.69 Å². The number of nitrogens with zero attached hydrogens (tertiary/aromatic N) is 2. The number of carbonyl (C=O) groups excluding carboxylic acids is 1. The molecule has 2 aromatic rings. The smallest absolute Gasteiger partial charge is 0.325 e. The highest BCUT2D eigenvalue weighted by Crippen LogP contribution is 2.17. The summed E-state index contributed by atoms with van der Waals surface area (Å²) in [6.07, 6.45) is 4.06. The number of rotatable bonds is 4. The van der Waals surface area contributed by atoms with Crippen LogP contribution in [0.25, 0.3) is 5.69 Å². The molecule has 110 valence electrons. The molecule has 0 saturated heterocycles. The van der Waals surface area contributed by atoms with Crippen LogP contribution in [0.4, 0.5) is 14.5 Å². The van der Waals surface area contributed by atoms with Crippen molar-refractivity contribution in [3.05, 3.63) is 53.2 Å². The molecule has 0 aliphatic carbocycles. The Balaban J connectivity index is 2.19. The first-order valence-corrected chi connectivity index (χ1v) is 5.96. The van der Waals surface area contributed by atoms with Gasteiger partial charge in [0.1, 0.15) is 0 Å². The Morgan fingerprint density at radius 1 is 1.33 bits per heavy atom. The number of amides is 1. The molecule has 0 fully saturated rings. The summed E-state index contributed by atoms with van der Waals surface area (Å²) in [5, 5.41) is 2.06. The summed E-state index contributed by atoms with van der Waals surface area (Å²) in [5.41, 5.74) is 5.19. The van der Waals surface area contributed by atoms with Crippen molar-refractivity contribution < 1.29 is 13.6 Å². The van der Waals surface area contributed by atoms with E-state index in [1.807, 2.05) is 0 Å². The molecule has 6 nitrogen and oxygen atoms in total. The van der Waals surface area contributed by atoms with Crippen LogP contribution in [-0.4, -0.2) is 27.9 Å². The van der Waals surface area contributed by atoms with E-state index in [1.54, 1.807) is 0 Å². The summed E-state index contributed by atoms with van der Waals surface area (Å²) in [4.78, 5) is 26.5. The number of aromatic nitrogens is 2. The van der Waals surface area contributed by atoms with Gasteiger partial charge < -0.3 is 11.1 Å². The summed E-state index contributed by atoms with van der Waals surface area (Å²) in [7, 11) is 0. The van der Waals surface area contributed by atoms with Crippen LogP contribution in [0.5, 0.6) is 0 Å². The average Bonchev–Trinajstić information content (AvgIpc) is 2.48. The van der Waals surface area contributed by atoms with E-state index in [4.69, 9.17) is 5.73 Å². The summed E-state index contributed by atoms with van der Waals surface area (Å²) in [6.45, 7) is -1.07. The molecule has 1 aromatic carbocycles. The Morgan fingerprint density at radius 2 is 2.00 bits per heavy atom. The summed E-state index contributed by atoms with van der Waals surface area (Å²) < 4.78 is 27.4. The lowest BCUT2D eigenvalue weighted by atomic mass is 10.2. The van der Waals surface area contributed by atoms with Crippen LogP contribution in [0, 0.1) is 0 Å². The lowest BCUT2D eigenvalue weighted by Crippen LogP contribution is -2.41. The van der Waals surface area contributed by atoms with E-state index in [0.29, 0.717) is 5.69 Å². The number of nitrogens with two attached hydrogens (primary N) is 1. The number of benzene rings is 1. The standard InChI is InChI=1S/C13H12F2N4O2/c14-13(15,8-16)12(21)18-9-1-3-10(4-2-9)19-6-5-17-7-11(19)20/h1-7H,8,16H2,(H,18,21). The fourth-order valence-electron chi connectivity index (χ4n) is 1.58. The van der Waals surface area contributed by atoms with Gasteiger partial charge in [-0.1, -0.05) is 0 Å². The monoisotopic (exact) mass is 294 g/mol. The zero-order chi connectivity index (χ0) is 15.5. The second kappa shape index (κ2) is 5.80. The highest BCUT2D eigenvalue weighted by Gasteiger charge is 2.36. The quantitative estimate of drug-likeness (QED) is 0.871. The highest BCUT2D eigenvalue weighted by atomic mass is 19.3. The number of alkyl halides is 2. The number of hydrogen-bond acceptors (Lipinski definition) is 4. The van der Waals surface area contributed by atoms with Gasteiger partial charge >= 0.3 is 5.92 Å². The largest absolute Gasteiger partial charge is 0.336 e. The van der Waals surface area contributed by atoms with Gasteiger partial charge in [0.15, 0.2) is 0 Å². The van der Waals surface area contributed by atoms with Crippen molar-refractivity contribution >= 4 is 11.6 Å².